The van der Waals surface area contributed by atoms with Crippen molar-refractivity contribution in [3.05, 3.63) is 0 Å². The normalized spacial score (nSPS) is 11.4. The van der Waals surface area contributed by atoms with E-state index in [-0.39, 0.29) is 12.4 Å². The van der Waals surface area contributed by atoms with E-state index < -0.39 is 0 Å². The molecule has 0 fully saturated rings. The molecule has 0 aromatic heterocycles. The summed E-state index contributed by atoms with van der Waals surface area (Å²) in [6.07, 6.45) is 20.4. The average Bonchev–Trinajstić information content (AvgIpc) is 2.34. The minimum absolute atomic E-state index is 0. The molecule has 0 unspecified atom stereocenters. The van der Waals surface area contributed by atoms with E-state index in [0.29, 0.717) is 5.41 Å². The largest absolute Gasteiger partial charge is 0.147 e. The van der Waals surface area contributed by atoms with E-state index in [2.05, 4.69) is 27.7 Å². The average molecular weight is 305 g/mol. The van der Waals surface area contributed by atoms with E-state index in [9.17, 15) is 0 Å². The Labute approximate surface area is 135 Å². The zero-order valence-corrected chi connectivity index (χ0v) is 15.6. The van der Waals surface area contributed by atoms with Gasteiger partial charge in [-0.2, -0.15) is 0 Å². The number of rotatable bonds is 13. The van der Waals surface area contributed by atoms with Crippen molar-refractivity contribution in [3.63, 3.8) is 0 Å². The molecule has 0 spiro atoms. The summed E-state index contributed by atoms with van der Waals surface area (Å²) >= 11 is 0. The predicted molar refractivity (Wildman–Crippen MR) is 97.0 cm³/mol. The van der Waals surface area contributed by atoms with Crippen LogP contribution >= 0.6 is 12.4 Å². The van der Waals surface area contributed by atoms with Crippen molar-refractivity contribution in [2.45, 2.75) is 118 Å². The van der Waals surface area contributed by atoms with Crippen LogP contribution in [-0.2, 0) is 0 Å². The highest BCUT2D eigenvalue weighted by atomic mass is 35.5. The molecule has 0 amide bonds. The molecule has 0 radical (unpaired) electrons. The van der Waals surface area contributed by atoms with Gasteiger partial charge in [0.1, 0.15) is 0 Å². The fourth-order valence-electron chi connectivity index (χ4n) is 2.67. The van der Waals surface area contributed by atoms with Crippen LogP contribution in [0.15, 0.2) is 0 Å². The Bertz CT molecular complexity index is 169. The van der Waals surface area contributed by atoms with Crippen molar-refractivity contribution >= 4 is 12.4 Å². The molecule has 0 saturated carbocycles. The maximum Gasteiger partial charge on any atom is -0.0383 e. The molecule has 0 aliphatic rings. The van der Waals surface area contributed by atoms with E-state index in [1.165, 1.54) is 89.9 Å². The van der Waals surface area contributed by atoms with Gasteiger partial charge in [0, 0.05) is 0 Å². The lowest BCUT2D eigenvalue weighted by molar-refractivity contribution is 0.356. The third-order valence-electron chi connectivity index (χ3n) is 4.03. The Hall–Kier alpha value is 0.290. The van der Waals surface area contributed by atoms with Gasteiger partial charge in [-0.25, -0.2) is 0 Å². The lowest BCUT2D eigenvalue weighted by Gasteiger charge is -2.17. The van der Waals surface area contributed by atoms with Crippen LogP contribution in [0.25, 0.3) is 0 Å². The van der Waals surface area contributed by atoms with Crippen LogP contribution in [0.1, 0.15) is 118 Å². The standard InChI is InChI=1S/C19H40.ClH/c1-5-6-7-8-9-10-11-12-13-14-15-16-17-18-19(2,3)4;/h5-18H2,1-4H3;1H. The molecule has 0 atom stereocenters. The fourth-order valence-corrected chi connectivity index (χ4v) is 2.67. The van der Waals surface area contributed by atoms with Crippen molar-refractivity contribution in [3.8, 4) is 0 Å². The molecule has 0 heterocycles. The highest BCUT2D eigenvalue weighted by molar-refractivity contribution is 5.85. The molecule has 0 aliphatic carbocycles. The Morgan fingerprint density at radius 2 is 0.800 bits per heavy atom. The lowest BCUT2D eigenvalue weighted by atomic mass is 9.89. The van der Waals surface area contributed by atoms with Crippen LogP contribution in [0, 0.1) is 5.41 Å². The predicted octanol–water partition coefficient (Wildman–Crippen LogP) is 7.94. The zero-order chi connectivity index (χ0) is 14.4. The molecule has 1 heteroatoms. The first kappa shape index (κ1) is 22.6. The molecule has 20 heavy (non-hydrogen) atoms. The monoisotopic (exact) mass is 304 g/mol. The van der Waals surface area contributed by atoms with E-state index in [0.717, 1.165) is 0 Å². The van der Waals surface area contributed by atoms with Gasteiger partial charge in [-0.05, 0) is 11.8 Å². The number of hydrogen-bond acceptors (Lipinski definition) is 0. The lowest BCUT2D eigenvalue weighted by Crippen LogP contribution is -2.03. The number of hydrogen-bond donors (Lipinski definition) is 0. The quantitative estimate of drug-likeness (QED) is 0.303. The van der Waals surface area contributed by atoms with Gasteiger partial charge in [-0.3, -0.25) is 0 Å². The van der Waals surface area contributed by atoms with Crippen LogP contribution < -0.4 is 0 Å². The zero-order valence-electron chi connectivity index (χ0n) is 14.8. The molecule has 0 nitrogen and oxygen atoms in total. The van der Waals surface area contributed by atoms with Crippen LogP contribution in [0.5, 0.6) is 0 Å². The van der Waals surface area contributed by atoms with Gasteiger partial charge in [0.2, 0.25) is 0 Å². The topological polar surface area (TPSA) is 0 Å². The Balaban J connectivity index is 0. The molecule has 0 N–H and O–H groups in total. The van der Waals surface area contributed by atoms with Crippen molar-refractivity contribution in [1.29, 1.82) is 0 Å². The van der Waals surface area contributed by atoms with E-state index in [1.54, 1.807) is 0 Å². The first-order valence-electron chi connectivity index (χ1n) is 9.06. The molecule has 0 aromatic carbocycles. The van der Waals surface area contributed by atoms with Gasteiger partial charge >= 0.3 is 0 Å². The second kappa shape index (κ2) is 15.7. The second-order valence-corrected chi connectivity index (χ2v) is 7.55. The van der Waals surface area contributed by atoms with Gasteiger partial charge < -0.3 is 0 Å². The molecule has 0 aliphatic heterocycles. The SMILES string of the molecule is CCCCCCCCCCCCCCCC(C)(C)C.Cl. The number of halogens is 1. The van der Waals surface area contributed by atoms with Gasteiger partial charge in [-0.15, -0.1) is 12.4 Å². The Morgan fingerprint density at radius 1 is 0.500 bits per heavy atom. The molecular formula is C19H41Cl. The Kier molecular flexibility index (Phi) is 17.7. The van der Waals surface area contributed by atoms with E-state index in [4.69, 9.17) is 0 Å². The summed E-state index contributed by atoms with van der Waals surface area (Å²) < 4.78 is 0. The van der Waals surface area contributed by atoms with Crippen LogP contribution in [-0.4, -0.2) is 0 Å². The van der Waals surface area contributed by atoms with Crippen molar-refractivity contribution in [2.24, 2.45) is 5.41 Å². The second-order valence-electron chi connectivity index (χ2n) is 7.55. The van der Waals surface area contributed by atoms with Gasteiger partial charge in [0.15, 0.2) is 0 Å². The van der Waals surface area contributed by atoms with Crippen molar-refractivity contribution in [2.75, 3.05) is 0 Å². The maximum absolute atomic E-state index is 2.35. The molecule has 0 aromatic rings. The van der Waals surface area contributed by atoms with Crippen molar-refractivity contribution in [1.82, 2.24) is 0 Å². The fraction of sp³-hybridized carbons (Fsp3) is 1.00. The summed E-state index contributed by atoms with van der Waals surface area (Å²) in [7, 11) is 0. The molecular weight excluding hydrogens is 264 g/mol. The first-order valence-corrected chi connectivity index (χ1v) is 9.06. The molecule has 0 rings (SSSR count). The van der Waals surface area contributed by atoms with Crippen molar-refractivity contribution < 1.29 is 0 Å². The van der Waals surface area contributed by atoms with Gasteiger partial charge in [0.25, 0.3) is 0 Å². The number of unbranched alkanes of at least 4 members (excludes halogenated alkanes) is 12. The van der Waals surface area contributed by atoms with E-state index >= 15 is 0 Å². The summed E-state index contributed by atoms with van der Waals surface area (Å²) in [5.74, 6) is 0. The first-order chi connectivity index (χ1) is 9.06. The maximum atomic E-state index is 2.35. The highest BCUT2D eigenvalue weighted by Gasteiger charge is 2.08. The summed E-state index contributed by atoms with van der Waals surface area (Å²) in [6, 6.07) is 0. The summed E-state index contributed by atoms with van der Waals surface area (Å²) in [4.78, 5) is 0. The van der Waals surface area contributed by atoms with Crippen LogP contribution in [0.4, 0.5) is 0 Å². The molecule has 124 valence electrons. The summed E-state index contributed by atoms with van der Waals surface area (Å²) in [5, 5.41) is 0. The smallest absolute Gasteiger partial charge is 0.0383 e. The minimum Gasteiger partial charge on any atom is -0.147 e. The minimum atomic E-state index is 0. The highest BCUT2D eigenvalue weighted by Crippen LogP contribution is 2.22. The summed E-state index contributed by atoms with van der Waals surface area (Å²) in [5.41, 5.74) is 0.539. The molecule has 0 bridgehead atoms. The third-order valence-corrected chi connectivity index (χ3v) is 4.03. The third kappa shape index (κ3) is 20.6. The molecule has 0 saturated heterocycles. The van der Waals surface area contributed by atoms with E-state index in [1.807, 2.05) is 0 Å². The summed E-state index contributed by atoms with van der Waals surface area (Å²) in [6.45, 7) is 9.36. The van der Waals surface area contributed by atoms with Crippen LogP contribution in [0.3, 0.4) is 0 Å². The van der Waals surface area contributed by atoms with Crippen LogP contribution in [0.2, 0.25) is 0 Å². The Morgan fingerprint density at radius 3 is 1.10 bits per heavy atom. The van der Waals surface area contributed by atoms with Gasteiger partial charge in [-0.1, -0.05) is 111 Å². The van der Waals surface area contributed by atoms with Gasteiger partial charge in [0.05, 0.1) is 0 Å².